The van der Waals surface area contributed by atoms with Crippen LogP contribution in [0.2, 0.25) is 0 Å². The van der Waals surface area contributed by atoms with Gasteiger partial charge in [-0.15, -0.1) is 0 Å². The lowest BCUT2D eigenvalue weighted by molar-refractivity contribution is 0.191. The van der Waals surface area contributed by atoms with E-state index >= 15 is 8.78 Å². The molecule has 1 nitrogen and oxygen atoms in total. The normalized spacial score (nSPS) is 20.3. The van der Waals surface area contributed by atoms with Crippen molar-refractivity contribution in [3.63, 3.8) is 0 Å². The summed E-state index contributed by atoms with van der Waals surface area (Å²) in [6.45, 7) is 4.05. The smallest absolute Gasteiger partial charge is 0.200 e. The third-order valence-electron chi connectivity index (χ3n) is 9.82. The summed E-state index contributed by atoms with van der Waals surface area (Å²) in [4.78, 5) is 0. The zero-order valence-corrected chi connectivity index (χ0v) is 26.1. The fraction of sp³-hybridized carbons (Fsp3) is 0.474. The van der Waals surface area contributed by atoms with Gasteiger partial charge in [-0.2, -0.15) is 4.39 Å². The van der Waals surface area contributed by atoms with Crippen molar-refractivity contribution in [1.29, 1.82) is 0 Å². The molecule has 2 aliphatic rings. The molecule has 2 aliphatic carbocycles. The first-order valence-electron chi connectivity index (χ1n) is 16.5. The van der Waals surface area contributed by atoms with Gasteiger partial charge in [0.15, 0.2) is 34.8 Å². The fourth-order valence-electron chi connectivity index (χ4n) is 6.97. The van der Waals surface area contributed by atoms with E-state index in [0.717, 1.165) is 19.3 Å². The third-order valence-corrected chi connectivity index (χ3v) is 9.82. The average molecular weight is 629 g/mol. The number of rotatable bonds is 11. The lowest BCUT2D eigenvalue weighted by Crippen LogP contribution is -2.20. The van der Waals surface area contributed by atoms with Crippen LogP contribution in [0.25, 0.3) is 5.57 Å². The van der Waals surface area contributed by atoms with Crippen LogP contribution in [0.5, 0.6) is 5.75 Å². The molecular weight excluding hydrogens is 586 g/mol. The van der Waals surface area contributed by atoms with Crippen molar-refractivity contribution in [3.05, 3.63) is 105 Å². The van der Waals surface area contributed by atoms with Crippen LogP contribution in [-0.2, 0) is 12.8 Å². The van der Waals surface area contributed by atoms with E-state index in [1.165, 1.54) is 6.07 Å². The summed E-state index contributed by atoms with van der Waals surface area (Å²) in [5.41, 5.74) is 2.32. The van der Waals surface area contributed by atoms with Gasteiger partial charge in [0.05, 0.1) is 6.61 Å². The van der Waals surface area contributed by atoms with Crippen LogP contribution in [0, 0.1) is 40.8 Å². The van der Waals surface area contributed by atoms with Crippen LogP contribution in [0.4, 0.5) is 26.3 Å². The number of halogens is 6. The highest BCUT2D eigenvalue weighted by atomic mass is 19.2. The molecule has 3 aromatic carbocycles. The Kier molecular flexibility index (Phi) is 11.0. The largest absolute Gasteiger partial charge is 0.490 e. The first-order chi connectivity index (χ1) is 21.7. The first kappa shape index (κ1) is 33.2. The topological polar surface area (TPSA) is 9.23 Å². The lowest BCUT2D eigenvalue weighted by Gasteiger charge is -2.29. The van der Waals surface area contributed by atoms with Gasteiger partial charge in [0, 0.05) is 5.56 Å². The molecule has 0 aromatic heterocycles. The minimum atomic E-state index is -1.03. The van der Waals surface area contributed by atoms with Crippen LogP contribution < -0.4 is 4.74 Å². The number of unbranched alkanes of at least 4 members (excludes halogenated alkanes) is 2. The van der Waals surface area contributed by atoms with Gasteiger partial charge < -0.3 is 4.74 Å². The number of allylic oxidation sites excluding steroid dienone is 2. The van der Waals surface area contributed by atoms with Crippen molar-refractivity contribution in [2.24, 2.45) is 5.92 Å². The SMILES string of the molecule is CCCCCc1ccc(C2CCC(COc3ccc(C4CC=C(c5ccc(CC)c(F)c5F)CC4)c(F)c3F)CC2)c(F)c1F. The number of benzene rings is 3. The maximum absolute atomic E-state index is 15.2. The standard InChI is InChI=1S/C38H42F6O/c1-3-5-6-7-28-17-19-30(36(42)34(28)40)25-10-8-23(9-11-25)22-45-32-21-20-31(37(43)38(32)44)27-14-12-26(13-15-27)29-18-16-24(4-2)33(39)35(29)41/h12,16-21,23,25,27H,3-11,13-15,22H2,1-2H3. The number of hydrogen-bond donors (Lipinski definition) is 0. The molecule has 1 unspecified atom stereocenters. The highest BCUT2D eigenvalue weighted by Gasteiger charge is 2.28. The van der Waals surface area contributed by atoms with Gasteiger partial charge in [-0.3, -0.25) is 0 Å². The second-order valence-electron chi connectivity index (χ2n) is 12.7. The summed E-state index contributed by atoms with van der Waals surface area (Å²) in [6.07, 6.45) is 9.63. The van der Waals surface area contributed by atoms with Gasteiger partial charge in [0.25, 0.3) is 0 Å². The molecule has 5 rings (SSSR count). The Morgan fingerprint density at radius 1 is 0.644 bits per heavy atom. The molecule has 0 bridgehead atoms. The summed E-state index contributed by atoms with van der Waals surface area (Å²) in [5.74, 6) is -5.55. The Morgan fingerprint density at radius 3 is 2.00 bits per heavy atom. The Morgan fingerprint density at radius 2 is 1.31 bits per heavy atom. The van der Waals surface area contributed by atoms with Crippen LogP contribution >= 0.6 is 0 Å². The zero-order valence-electron chi connectivity index (χ0n) is 26.1. The van der Waals surface area contributed by atoms with Gasteiger partial charge in [-0.05, 0) is 116 Å². The van der Waals surface area contributed by atoms with E-state index in [0.29, 0.717) is 80.1 Å². The highest BCUT2D eigenvalue weighted by molar-refractivity contribution is 5.67. The molecule has 0 saturated heterocycles. The number of hydrogen-bond acceptors (Lipinski definition) is 1. The Hall–Kier alpha value is -3.22. The Bertz CT molecular complexity index is 1520. The monoisotopic (exact) mass is 628 g/mol. The fourth-order valence-corrected chi connectivity index (χ4v) is 6.97. The van der Waals surface area contributed by atoms with Gasteiger partial charge in [-0.1, -0.05) is 63.1 Å². The second-order valence-corrected chi connectivity index (χ2v) is 12.7. The highest BCUT2D eigenvalue weighted by Crippen LogP contribution is 2.41. The third kappa shape index (κ3) is 7.28. The predicted octanol–water partition coefficient (Wildman–Crippen LogP) is 11.5. The van der Waals surface area contributed by atoms with Crippen molar-refractivity contribution < 1.29 is 31.1 Å². The summed E-state index contributed by atoms with van der Waals surface area (Å²) >= 11 is 0. The summed E-state index contributed by atoms with van der Waals surface area (Å²) < 4.78 is 94.6. The summed E-state index contributed by atoms with van der Waals surface area (Å²) in [7, 11) is 0. The molecule has 1 saturated carbocycles. The molecule has 1 atom stereocenters. The van der Waals surface area contributed by atoms with Gasteiger partial charge in [-0.25, -0.2) is 22.0 Å². The second kappa shape index (κ2) is 14.9. The van der Waals surface area contributed by atoms with E-state index < -0.39 is 34.9 Å². The maximum atomic E-state index is 15.2. The van der Waals surface area contributed by atoms with Crippen molar-refractivity contribution in [1.82, 2.24) is 0 Å². The average Bonchev–Trinajstić information content (AvgIpc) is 3.06. The molecule has 0 spiro atoms. The molecule has 0 heterocycles. The molecule has 7 heteroatoms. The molecule has 242 valence electrons. The molecule has 0 radical (unpaired) electrons. The molecule has 0 N–H and O–H groups in total. The van der Waals surface area contributed by atoms with E-state index in [1.807, 2.05) is 0 Å². The molecule has 0 amide bonds. The molecule has 3 aromatic rings. The van der Waals surface area contributed by atoms with Crippen LogP contribution in [0.1, 0.15) is 118 Å². The zero-order chi connectivity index (χ0) is 32.1. The van der Waals surface area contributed by atoms with Crippen molar-refractivity contribution in [2.45, 2.75) is 103 Å². The molecular formula is C38H42F6O. The molecule has 1 fully saturated rings. The number of aryl methyl sites for hydroxylation is 2. The lowest BCUT2D eigenvalue weighted by atomic mass is 9.78. The van der Waals surface area contributed by atoms with Crippen molar-refractivity contribution in [2.75, 3.05) is 6.61 Å². The van der Waals surface area contributed by atoms with Crippen molar-refractivity contribution >= 4 is 5.57 Å². The minimum absolute atomic E-state index is 0.0785. The Labute approximate surface area is 262 Å². The molecule has 45 heavy (non-hydrogen) atoms. The van der Waals surface area contributed by atoms with Crippen LogP contribution in [0.15, 0.2) is 42.5 Å². The Balaban J connectivity index is 1.15. The van der Waals surface area contributed by atoms with Crippen molar-refractivity contribution in [3.8, 4) is 5.75 Å². The summed E-state index contributed by atoms with van der Waals surface area (Å²) in [5, 5.41) is 0. The van der Waals surface area contributed by atoms with Gasteiger partial charge in [0.2, 0.25) is 5.82 Å². The first-order valence-corrected chi connectivity index (χ1v) is 16.5. The van der Waals surface area contributed by atoms with E-state index in [-0.39, 0.29) is 41.2 Å². The van der Waals surface area contributed by atoms with Crippen LogP contribution in [-0.4, -0.2) is 6.61 Å². The van der Waals surface area contributed by atoms with Gasteiger partial charge in [0.1, 0.15) is 0 Å². The van der Waals surface area contributed by atoms with Crippen LogP contribution in [0.3, 0.4) is 0 Å². The van der Waals surface area contributed by atoms with E-state index in [9.17, 15) is 17.6 Å². The van der Waals surface area contributed by atoms with E-state index in [1.54, 1.807) is 43.3 Å². The van der Waals surface area contributed by atoms with E-state index in [4.69, 9.17) is 4.74 Å². The predicted molar refractivity (Wildman–Crippen MR) is 166 cm³/mol. The maximum Gasteiger partial charge on any atom is 0.200 e. The quantitative estimate of drug-likeness (QED) is 0.152. The minimum Gasteiger partial charge on any atom is -0.490 e. The summed E-state index contributed by atoms with van der Waals surface area (Å²) in [6, 6.07) is 9.63. The van der Waals surface area contributed by atoms with E-state index in [2.05, 4.69) is 6.92 Å². The molecule has 0 aliphatic heterocycles. The number of ether oxygens (including phenoxy) is 1. The van der Waals surface area contributed by atoms with Gasteiger partial charge >= 0.3 is 0 Å².